The molecule has 0 saturated heterocycles. The Kier molecular flexibility index (Phi) is 3.52. The standard InChI is InChI=1S/C13H23N3O/c1-5-10(14-4)12-16-15-11(17-12)9-7-6-8-13(9,2)3/h9-10,14H,5-8H2,1-4H3. The van der Waals surface area contributed by atoms with Crippen molar-refractivity contribution in [3.05, 3.63) is 11.8 Å². The second-order valence-electron chi connectivity index (χ2n) is 5.66. The van der Waals surface area contributed by atoms with E-state index in [4.69, 9.17) is 4.42 Å². The Morgan fingerprint density at radius 3 is 2.76 bits per heavy atom. The maximum atomic E-state index is 5.86. The zero-order valence-electron chi connectivity index (χ0n) is 11.3. The second kappa shape index (κ2) is 4.77. The minimum Gasteiger partial charge on any atom is -0.423 e. The lowest BCUT2D eigenvalue weighted by Gasteiger charge is -2.23. The van der Waals surface area contributed by atoms with E-state index in [9.17, 15) is 0 Å². The van der Waals surface area contributed by atoms with Crippen molar-refractivity contribution >= 4 is 0 Å². The molecule has 1 N–H and O–H groups in total. The summed E-state index contributed by atoms with van der Waals surface area (Å²) >= 11 is 0. The Hall–Kier alpha value is -0.900. The van der Waals surface area contributed by atoms with Crippen LogP contribution in [-0.2, 0) is 0 Å². The maximum Gasteiger partial charge on any atom is 0.233 e. The van der Waals surface area contributed by atoms with Crippen LogP contribution in [0, 0.1) is 5.41 Å². The summed E-state index contributed by atoms with van der Waals surface area (Å²) in [5.74, 6) is 1.99. The summed E-state index contributed by atoms with van der Waals surface area (Å²) in [6.45, 7) is 6.71. The van der Waals surface area contributed by atoms with Crippen LogP contribution in [0.2, 0.25) is 0 Å². The molecule has 1 heterocycles. The third-order valence-electron chi connectivity index (χ3n) is 4.07. The molecule has 1 aromatic rings. The zero-order chi connectivity index (χ0) is 12.5. The van der Waals surface area contributed by atoms with Crippen LogP contribution in [0.3, 0.4) is 0 Å². The average Bonchev–Trinajstić information content (AvgIpc) is 2.86. The van der Waals surface area contributed by atoms with Gasteiger partial charge in [0.25, 0.3) is 0 Å². The first-order valence-corrected chi connectivity index (χ1v) is 6.59. The highest BCUT2D eigenvalue weighted by Gasteiger charge is 2.39. The molecule has 0 aliphatic heterocycles. The molecule has 1 saturated carbocycles. The molecule has 4 nitrogen and oxygen atoms in total. The minimum atomic E-state index is 0.181. The van der Waals surface area contributed by atoms with Crippen LogP contribution in [-0.4, -0.2) is 17.2 Å². The zero-order valence-corrected chi connectivity index (χ0v) is 11.3. The molecule has 0 spiro atoms. The van der Waals surface area contributed by atoms with Crippen molar-refractivity contribution in [2.24, 2.45) is 5.41 Å². The van der Waals surface area contributed by atoms with Crippen LogP contribution in [0.1, 0.15) is 70.2 Å². The van der Waals surface area contributed by atoms with Crippen LogP contribution in [0.4, 0.5) is 0 Å². The highest BCUT2D eigenvalue weighted by molar-refractivity contribution is 5.03. The van der Waals surface area contributed by atoms with Gasteiger partial charge in [-0.15, -0.1) is 10.2 Å². The van der Waals surface area contributed by atoms with E-state index < -0.39 is 0 Å². The van der Waals surface area contributed by atoms with Crippen LogP contribution in [0.25, 0.3) is 0 Å². The lowest BCUT2D eigenvalue weighted by molar-refractivity contribution is 0.274. The van der Waals surface area contributed by atoms with Gasteiger partial charge in [0.2, 0.25) is 11.8 Å². The first-order valence-electron chi connectivity index (χ1n) is 6.59. The Labute approximate surface area is 103 Å². The molecule has 4 heteroatoms. The fourth-order valence-corrected chi connectivity index (χ4v) is 2.81. The quantitative estimate of drug-likeness (QED) is 0.874. The van der Waals surface area contributed by atoms with Crippen LogP contribution in [0.15, 0.2) is 4.42 Å². The molecule has 1 aromatic heterocycles. The van der Waals surface area contributed by atoms with E-state index in [2.05, 4.69) is 36.3 Å². The summed E-state index contributed by atoms with van der Waals surface area (Å²) in [5.41, 5.74) is 0.297. The molecule has 2 atom stereocenters. The molecule has 0 aromatic carbocycles. The van der Waals surface area contributed by atoms with Gasteiger partial charge in [0.1, 0.15) is 0 Å². The van der Waals surface area contributed by atoms with Gasteiger partial charge in [0.05, 0.1) is 6.04 Å². The number of hydrogen-bond acceptors (Lipinski definition) is 4. The Bertz CT molecular complexity index is 368. The predicted octanol–water partition coefficient (Wildman–Crippen LogP) is 3.03. The summed E-state index contributed by atoms with van der Waals surface area (Å²) in [7, 11) is 1.93. The topological polar surface area (TPSA) is 51.0 Å². The SMILES string of the molecule is CCC(NC)c1nnc(C2CCCC2(C)C)o1. The second-order valence-corrected chi connectivity index (χ2v) is 5.66. The lowest BCUT2D eigenvalue weighted by Crippen LogP contribution is -2.16. The first-order chi connectivity index (χ1) is 8.08. The highest BCUT2D eigenvalue weighted by atomic mass is 16.4. The summed E-state index contributed by atoms with van der Waals surface area (Å²) in [6, 6.07) is 0.181. The van der Waals surface area contributed by atoms with Crippen LogP contribution in [0.5, 0.6) is 0 Å². The maximum absolute atomic E-state index is 5.86. The van der Waals surface area contributed by atoms with E-state index in [0.717, 1.165) is 18.2 Å². The van der Waals surface area contributed by atoms with Gasteiger partial charge in [-0.25, -0.2) is 0 Å². The Morgan fingerprint density at radius 2 is 2.24 bits per heavy atom. The smallest absolute Gasteiger partial charge is 0.233 e. The van der Waals surface area contributed by atoms with E-state index in [1.165, 1.54) is 19.3 Å². The van der Waals surface area contributed by atoms with Crippen molar-refractivity contribution in [2.45, 2.75) is 58.4 Å². The summed E-state index contributed by atoms with van der Waals surface area (Å²) in [5, 5.41) is 11.6. The van der Waals surface area contributed by atoms with Gasteiger partial charge < -0.3 is 9.73 Å². The summed E-state index contributed by atoms with van der Waals surface area (Å²) in [4.78, 5) is 0. The average molecular weight is 237 g/mol. The third kappa shape index (κ3) is 2.37. The molecule has 1 aliphatic rings. The van der Waals surface area contributed by atoms with E-state index in [1.807, 2.05) is 7.05 Å². The van der Waals surface area contributed by atoms with Gasteiger partial charge in [-0.2, -0.15) is 0 Å². The van der Waals surface area contributed by atoms with Crippen molar-refractivity contribution in [3.63, 3.8) is 0 Å². The van der Waals surface area contributed by atoms with Crippen molar-refractivity contribution in [3.8, 4) is 0 Å². The van der Waals surface area contributed by atoms with Crippen LogP contribution >= 0.6 is 0 Å². The van der Waals surface area contributed by atoms with Crippen molar-refractivity contribution in [1.82, 2.24) is 15.5 Å². The highest BCUT2D eigenvalue weighted by Crippen LogP contribution is 2.48. The van der Waals surface area contributed by atoms with Gasteiger partial charge >= 0.3 is 0 Å². The molecule has 2 unspecified atom stereocenters. The van der Waals surface area contributed by atoms with Gasteiger partial charge in [0.15, 0.2) is 0 Å². The molecule has 1 fully saturated rings. The number of aromatic nitrogens is 2. The molecule has 0 radical (unpaired) electrons. The molecule has 2 rings (SSSR count). The molecular weight excluding hydrogens is 214 g/mol. The van der Waals surface area contributed by atoms with E-state index >= 15 is 0 Å². The van der Waals surface area contributed by atoms with Gasteiger partial charge in [-0.1, -0.05) is 27.2 Å². The largest absolute Gasteiger partial charge is 0.423 e. The van der Waals surface area contributed by atoms with Gasteiger partial charge in [-0.3, -0.25) is 0 Å². The fourth-order valence-electron chi connectivity index (χ4n) is 2.81. The number of rotatable bonds is 4. The Morgan fingerprint density at radius 1 is 1.47 bits per heavy atom. The van der Waals surface area contributed by atoms with E-state index in [1.54, 1.807) is 0 Å². The molecular formula is C13H23N3O. The number of nitrogens with zero attached hydrogens (tertiary/aromatic N) is 2. The molecule has 17 heavy (non-hydrogen) atoms. The molecule has 0 bridgehead atoms. The van der Waals surface area contributed by atoms with E-state index in [-0.39, 0.29) is 6.04 Å². The number of hydrogen-bond donors (Lipinski definition) is 1. The Balaban J connectivity index is 2.18. The predicted molar refractivity (Wildman–Crippen MR) is 66.8 cm³/mol. The first kappa shape index (κ1) is 12.6. The van der Waals surface area contributed by atoms with Gasteiger partial charge in [-0.05, 0) is 31.7 Å². The number of nitrogens with one attached hydrogen (secondary N) is 1. The molecule has 1 aliphatic carbocycles. The van der Waals surface area contributed by atoms with Crippen molar-refractivity contribution < 1.29 is 4.42 Å². The third-order valence-corrected chi connectivity index (χ3v) is 4.07. The van der Waals surface area contributed by atoms with E-state index in [0.29, 0.717) is 11.3 Å². The van der Waals surface area contributed by atoms with Crippen molar-refractivity contribution in [1.29, 1.82) is 0 Å². The summed E-state index contributed by atoms with van der Waals surface area (Å²) in [6.07, 6.45) is 4.65. The fraction of sp³-hybridized carbons (Fsp3) is 0.846. The minimum absolute atomic E-state index is 0.181. The molecule has 96 valence electrons. The van der Waals surface area contributed by atoms with Crippen LogP contribution < -0.4 is 5.32 Å². The van der Waals surface area contributed by atoms with Gasteiger partial charge in [0, 0.05) is 5.92 Å². The normalized spacial score (nSPS) is 25.1. The lowest BCUT2D eigenvalue weighted by atomic mass is 9.82. The summed E-state index contributed by atoms with van der Waals surface area (Å²) < 4.78 is 5.86. The molecule has 0 amide bonds. The monoisotopic (exact) mass is 237 g/mol. The van der Waals surface area contributed by atoms with Crippen molar-refractivity contribution in [2.75, 3.05) is 7.05 Å².